The first-order chi connectivity index (χ1) is 6.72. The Balaban J connectivity index is 2.88. The Hall–Kier alpha value is 0.0600. The third kappa shape index (κ3) is 2.77. The average molecular weight is 343 g/mol. The molecule has 0 aliphatic rings. The fourth-order valence-electron chi connectivity index (χ4n) is 0.872. The number of carbonyl (C=O) groups excluding carboxylic acids is 1. The Labute approximate surface area is 103 Å². The van der Waals surface area contributed by atoms with E-state index in [2.05, 4.69) is 36.8 Å². The maximum atomic E-state index is 11.3. The molecule has 0 aliphatic carbocycles. The highest BCUT2D eigenvalue weighted by Crippen LogP contribution is 2.23. The van der Waals surface area contributed by atoms with Crippen molar-refractivity contribution in [2.45, 2.75) is 17.6 Å². The molecule has 6 heteroatoms. The zero-order chi connectivity index (χ0) is 10.6. The number of rotatable bonds is 4. The fourth-order valence-corrected chi connectivity index (χ4v) is 3.01. The van der Waals surface area contributed by atoms with Crippen molar-refractivity contribution in [3.05, 3.63) is 15.6 Å². The van der Waals surface area contributed by atoms with E-state index in [1.165, 1.54) is 11.3 Å². The molecule has 0 aromatic carbocycles. The molecule has 0 amide bonds. The number of halogens is 2. The fraction of sp³-hybridized carbons (Fsp3) is 0.500. The van der Waals surface area contributed by atoms with Crippen molar-refractivity contribution >= 4 is 49.2 Å². The molecule has 0 bridgehead atoms. The summed E-state index contributed by atoms with van der Waals surface area (Å²) in [5.41, 5.74) is 0.898. The SMILES string of the molecule is CCOC(=O)c1nc(CBr)c(CBr)s1. The number of ether oxygens (including phenoxy) is 1. The molecule has 0 N–H and O–H groups in total. The van der Waals surface area contributed by atoms with Crippen LogP contribution in [-0.2, 0) is 15.4 Å². The van der Waals surface area contributed by atoms with Crippen LogP contribution in [0.2, 0.25) is 0 Å². The van der Waals surface area contributed by atoms with Gasteiger partial charge in [-0.3, -0.25) is 0 Å². The Morgan fingerprint density at radius 2 is 2.21 bits per heavy atom. The number of nitrogens with zero attached hydrogens (tertiary/aromatic N) is 1. The van der Waals surface area contributed by atoms with Crippen LogP contribution >= 0.6 is 43.2 Å². The monoisotopic (exact) mass is 341 g/mol. The van der Waals surface area contributed by atoms with Crippen LogP contribution in [0.3, 0.4) is 0 Å². The number of carbonyl (C=O) groups is 1. The smallest absolute Gasteiger partial charge is 0.367 e. The Kier molecular flexibility index (Phi) is 5.05. The maximum Gasteiger partial charge on any atom is 0.367 e. The first-order valence-electron chi connectivity index (χ1n) is 4.00. The van der Waals surface area contributed by atoms with Gasteiger partial charge in [-0.1, -0.05) is 31.9 Å². The van der Waals surface area contributed by atoms with Gasteiger partial charge in [0.1, 0.15) is 0 Å². The molecule has 0 saturated heterocycles. The predicted molar refractivity (Wildman–Crippen MR) is 63.3 cm³/mol. The minimum Gasteiger partial charge on any atom is -0.461 e. The minimum absolute atomic E-state index is 0.341. The van der Waals surface area contributed by atoms with Gasteiger partial charge in [-0.2, -0.15) is 0 Å². The van der Waals surface area contributed by atoms with Gasteiger partial charge in [0.15, 0.2) is 0 Å². The van der Waals surface area contributed by atoms with E-state index in [1.807, 2.05) is 0 Å². The van der Waals surface area contributed by atoms with Crippen molar-refractivity contribution in [1.29, 1.82) is 0 Å². The second-order valence-electron chi connectivity index (χ2n) is 2.38. The largest absolute Gasteiger partial charge is 0.461 e. The van der Waals surface area contributed by atoms with E-state index in [4.69, 9.17) is 4.74 Å². The summed E-state index contributed by atoms with van der Waals surface area (Å²) in [7, 11) is 0. The van der Waals surface area contributed by atoms with E-state index in [-0.39, 0.29) is 5.97 Å². The van der Waals surface area contributed by atoms with Gasteiger partial charge in [0.05, 0.1) is 12.3 Å². The average Bonchev–Trinajstić information content (AvgIpc) is 2.61. The lowest BCUT2D eigenvalue weighted by atomic mass is 10.4. The van der Waals surface area contributed by atoms with Gasteiger partial charge in [0, 0.05) is 15.5 Å². The van der Waals surface area contributed by atoms with Crippen molar-refractivity contribution in [3.63, 3.8) is 0 Å². The molecule has 78 valence electrons. The lowest BCUT2D eigenvalue weighted by Crippen LogP contribution is -2.03. The Morgan fingerprint density at radius 1 is 1.50 bits per heavy atom. The Bertz CT molecular complexity index is 306. The normalized spacial score (nSPS) is 10.2. The molecule has 0 fully saturated rings. The molecule has 14 heavy (non-hydrogen) atoms. The molecule has 0 unspecified atom stereocenters. The van der Waals surface area contributed by atoms with Crippen LogP contribution in [0.1, 0.15) is 27.3 Å². The lowest BCUT2D eigenvalue weighted by Gasteiger charge is -1.95. The van der Waals surface area contributed by atoms with Crippen molar-refractivity contribution in [1.82, 2.24) is 4.98 Å². The van der Waals surface area contributed by atoms with Crippen LogP contribution in [0.15, 0.2) is 0 Å². The third-order valence-corrected chi connectivity index (χ3v) is 4.02. The van der Waals surface area contributed by atoms with Gasteiger partial charge in [0.25, 0.3) is 0 Å². The molecule has 0 aliphatic heterocycles. The molecule has 1 heterocycles. The van der Waals surface area contributed by atoms with Gasteiger partial charge in [-0.25, -0.2) is 9.78 Å². The zero-order valence-electron chi connectivity index (χ0n) is 7.55. The number of hydrogen-bond acceptors (Lipinski definition) is 4. The summed E-state index contributed by atoms with van der Waals surface area (Å²) in [6, 6.07) is 0. The van der Waals surface area contributed by atoms with Crippen molar-refractivity contribution in [3.8, 4) is 0 Å². The van der Waals surface area contributed by atoms with Crippen molar-refractivity contribution in [2.24, 2.45) is 0 Å². The lowest BCUT2D eigenvalue weighted by molar-refractivity contribution is 0.0526. The van der Waals surface area contributed by atoms with E-state index in [0.717, 1.165) is 10.6 Å². The molecule has 0 radical (unpaired) electrons. The minimum atomic E-state index is -0.341. The van der Waals surface area contributed by atoms with Crippen molar-refractivity contribution < 1.29 is 9.53 Å². The number of thiazole rings is 1. The van der Waals surface area contributed by atoms with Crippen LogP contribution in [0.4, 0.5) is 0 Å². The highest BCUT2D eigenvalue weighted by Gasteiger charge is 2.15. The summed E-state index contributed by atoms with van der Waals surface area (Å²) in [5, 5.41) is 1.80. The van der Waals surface area contributed by atoms with E-state index in [1.54, 1.807) is 6.92 Å². The molecule has 0 spiro atoms. The first-order valence-corrected chi connectivity index (χ1v) is 7.06. The number of aromatic nitrogens is 1. The van der Waals surface area contributed by atoms with Crippen molar-refractivity contribution in [2.75, 3.05) is 6.61 Å². The molecule has 1 aromatic rings. The van der Waals surface area contributed by atoms with E-state index in [9.17, 15) is 4.79 Å². The van der Waals surface area contributed by atoms with Gasteiger partial charge < -0.3 is 4.74 Å². The molecule has 0 atom stereocenters. The number of alkyl halides is 2. The van der Waals surface area contributed by atoms with Crippen LogP contribution in [0, 0.1) is 0 Å². The molecule has 1 aromatic heterocycles. The molecule has 3 nitrogen and oxygen atoms in total. The van der Waals surface area contributed by atoms with E-state index < -0.39 is 0 Å². The summed E-state index contributed by atoms with van der Waals surface area (Å²) in [5.74, 6) is -0.341. The van der Waals surface area contributed by atoms with E-state index >= 15 is 0 Å². The second-order valence-corrected chi connectivity index (χ2v) is 4.58. The summed E-state index contributed by atoms with van der Waals surface area (Å²) in [6.45, 7) is 2.16. The maximum absolute atomic E-state index is 11.3. The second kappa shape index (κ2) is 5.82. The predicted octanol–water partition coefficient (Wildman–Crippen LogP) is 3.11. The summed E-state index contributed by atoms with van der Waals surface area (Å²) in [4.78, 5) is 16.6. The molecular weight excluding hydrogens is 334 g/mol. The number of esters is 1. The summed E-state index contributed by atoms with van der Waals surface area (Å²) >= 11 is 8.04. The highest BCUT2D eigenvalue weighted by atomic mass is 79.9. The molecule has 0 saturated carbocycles. The Morgan fingerprint density at radius 3 is 2.64 bits per heavy atom. The summed E-state index contributed by atoms with van der Waals surface area (Å²) in [6.07, 6.45) is 0. The standard InChI is InChI=1S/C8H9Br2NO2S/c1-2-13-8(12)7-11-5(3-9)6(4-10)14-7/h2-4H2,1H3. The van der Waals surface area contributed by atoms with Crippen LogP contribution in [0.25, 0.3) is 0 Å². The van der Waals surface area contributed by atoms with Gasteiger partial charge in [-0.15, -0.1) is 11.3 Å². The number of hydrogen-bond donors (Lipinski definition) is 0. The topological polar surface area (TPSA) is 39.2 Å². The van der Waals surface area contributed by atoms with E-state index in [0.29, 0.717) is 22.3 Å². The highest BCUT2D eigenvalue weighted by molar-refractivity contribution is 9.09. The van der Waals surface area contributed by atoms with Gasteiger partial charge in [-0.05, 0) is 6.92 Å². The molecule has 1 rings (SSSR count). The third-order valence-electron chi connectivity index (χ3n) is 1.48. The van der Waals surface area contributed by atoms with Crippen LogP contribution < -0.4 is 0 Å². The van der Waals surface area contributed by atoms with Gasteiger partial charge in [0.2, 0.25) is 5.01 Å². The summed E-state index contributed by atoms with van der Waals surface area (Å²) < 4.78 is 4.86. The molecular formula is C8H9Br2NO2S. The van der Waals surface area contributed by atoms with Gasteiger partial charge >= 0.3 is 5.97 Å². The van der Waals surface area contributed by atoms with Crippen LogP contribution in [-0.4, -0.2) is 17.6 Å². The first kappa shape index (κ1) is 12.1. The zero-order valence-corrected chi connectivity index (χ0v) is 11.5. The van der Waals surface area contributed by atoms with Crippen LogP contribution in [0.5, 0.6) is 0 Å². The quantitative estimate of drug-likeness (QED) is 0.623.